The van der Waals surface area contributed by atoms with Crippen LogP contribution < -0.4 is 5.73 Å². The molecule has 1 unspecified atom stereocenters. The molecule has 1 saturated heterocycles. The molecule has 0 bridgehead atoms. The zero-order valence-electron chi connectivity index (χ0n) is 14.2. The van der Waals surface area contributed by atoms with Crippen LogP contribution in [0.25, 0.3) is 11.5 Å². The van der Waals surface area contributed by atoms with Crippen LogP contribution in [0.4, 0.5) is 0 Å². The van der Waals surface area contributed by atoms with Crippen molar-refractivity contribution in [3.05, 3.63) is 29.3 Å². The first-order chi connectivity index (χ1) is 12.4. The second kappa shape index (κ2) is 8.09. The molecule has 1 atom stereocenters. The van der Waals surface area contributed by atoms with E-state index in [0.29, 0.717) is 42.1 Å². The van der Waals surface area contributed by atoms with Gasteiger partial charge in [0.05, 0.1) is 5.25 Å². The lowest BCUT2D eigenvalue weighted by Crippen LogP contribution is -2.44. The molecule has 0 saturated carbocycles. The van der Waals surface area contributed by atoms with Crippen molar-refractivity contribution >= 4 is 35.2 Å². The molecule has 26 heavy (non-hydrogen) atoms. The fraction of sp³-hybridized carbons (Fsp3) is 0.412. The highest BCUT2D eigenvalue weighted by atomic mass is 35.5. The van der Waals surface area contributed by atoms with Gasteiger partial charge in [0.15, 0.2) is 0 Å². The van der Waals surface area contributed by atoms with E-state index >= 15 is 0 Å². The quantitative estimate of drug-likeness (QED) is 0.782. The van der Waals surface area contributed by atoms with Crippen molar-refractivity contribution in [3.63, 3.8) is 0 Å². The van der Waals surface area contributed by atoms with Gasteiger partial charge in [0.2, 0.25) is 17.7 Å². The smallest absolute Gasteiger partial charge is 0.277 e. The number of rotatable bonds is 5. The summed E-state index contributed by atoms with van der Waals surface area (Å²) in [6, 6.07) is 7.08. The van der Waals surface area contributed by atoms with E-state index in [2.05, 4.69) is 10.2 Å². The van der Waals surface area contributed by atoms with Crippen LogP contribution in [-0.4, -0.2) is 45.3 Å². The van der Waals surface area contributed by atoms with Gasteiger partial charge >= 0.3 is 0 Å². The fourth-order valence-electron chi connectivity index (χ4n) is 2.81. The SMILES string of the molecule is CC(Sc1nnc(-c2ccc(Cl)cc2)o1)C(=O)N1CCC(C(N)=O)CC1. The normalized spacial score (nSPS) is 16.5. The maximum Gasteiger partial charge on any atom is 0.277 e. The molecule has 3 rings (SSSR count). The minimum absolute atomic E-state index is 0.0100. The van der Waals surface area contributed by atoms with E-state index in [-0.39, 0.29) is 23.0 Å². The number of likely N-dealkylation sites (tertiary alicyclic amines) is 1. The van der Waals surface area contributed by atoms with Gasteiger partial charge in [-0.15, -0.1) is 10.2 Å². The number of benzene rings is 1. The zero-order chi connectivity index (χ0) is 18.7. The third-order valence-electron chi connectivity index (χ3n) is 4.33. The molecular formula is C17H19ClN4O3S. The first-order valence-corrected chi connectivity index (χ1v) is 9.54. The molecule has 2 N–H and O–H groups in total. The highest BCUT2D eigenvalue weighted by Gasteiger charge is 2.29. The first kappa shape index (κ1) is 18.7. The van der Waals surface area contributed by atoms with Crippen molar-refractivity contribution in [2.75, 3.05) is 13.1 Å². The molecule has 1 aliphatic heterocycles. The van der Waals surface area contributed by atoms with Crippen molar-refractivity contribution in [2.45, 2.75) is 30.2 Å². The van der Waals surface area contributed by atoms with E-state index in [1.165, 1.54) is 11.8 Å². The Bertz CT molecular complexity index is 788. The number of hydrogen-bond donors (Lipinski definition) is 1. The summed E-state index contributed by atoms with van der Waals surface area (Å²) < 4.78 is 5.63. The minimum Gasteiger partial charge on any atom is -0.411 e. The van der Waals surface area contributed by atoms with Crippen LogP contribution in [0.2, 0.25) is 5.02 Å². The standard InChI is InChI=1S/C17H19ClN4O3S/c1-10(16(24)22-8-6-11(7-9-22)14(19)23)26-17-21-20-15(25-17)12-2-4-13(18)5-3-12/h2-5,10-11H,6-9H2,1H3,(H2,19,23). The Kier molecular flexibility index (Phi) is 5.83. The Morgan fingerprint density at radius 1 is 1.27 bits per heavy atom. The minimum atomic E-state index is -0.362. The maximum atomic E-state index is 12.6. The second-order valence-corrected chi connectivity index (χ2v) is 7.87. The lowest BCUT2D eigenvalue weighted by Gasteiger charge is -2.31. The summed E-state index contributed by atoms with van der Waals surface area (Å²) >= 11 is 7.09. The third-order valence-corrected chi connectivity index (χ3v) is 5.51. The monoisotopic (exact) mass is 394 g/mol. The molecule has 1 aliphatic rings. The third kappa shape index (κ3) is 4.37. The lowest BCUT2D eigenvalue weighted by molar-refractivity contribution is -0.134. The summed E-state index contributed by atoms with van der Waals surface area (Å²) in [5.74, 6) is -0.0600. The van der Waals surface area contributed by atoms with Crippen molar-refractivity contribution in [1.29, 1.82) is 0 Å². The van der Waals surface area contributed by atoms with Crippen LogP contribution >= 0.6 is 23.4 Å². The fourth-order valence-corrected chi connectivity index (χ4v) is 3.70. The maximum absolute atomic E-state index is 12.6. The number of halogens is 1. The van der Waals surface area contributed by atoms with Crippen molar-refractivity contribution in [1.82, 2.24) is 15.1 Å². The van der Waals surface area contributed by atoms with E-state index in [4.69, 9.17) is 21.8 Å². The molecule has 2 heterocycles. The van der Waals surface area contributed by atoms with Gasteiger partial charge in [0, 0.05) is 29.6 Å². The summed E-state index contributed by atoms with van der Waals surface area (Å²) in [6.45, 7) is 2.88. The van der Waals surface area contributed by atoms with Gasteiger partial charge in [-0.2, -0.15) is 0 Å². The average Bonchev–Trinajstić information content (AvgIpc) is 3.10. The number of piperidine rings is 1. The number of amides is 2. The Labute approximate surface area is 160 Å². The van der Waals surface area contributed by atoms with E-state index in [1.54, 1.807) is 36.1 Å². The molecular weight excluding hydrogens is 376 g/mol. The average molecular weight is 395 g/mol. The molecule has 2 aromatic rings. The van der Waals surface area contributed by atoms with Crippen molar-refractivity contribution in [3.8, 4) is 11.5 Å². The Balaban J connectivity index is 1.58. The summed E-state index contributed by atoms with van der Waals surface area (Å²) in [7, 11) is 0. The molecule has 2 amide bonds. The van der Waals surface area contributed by atoms with Gasteiger partial charge in [-0.05, 0) is 44.0 Å². The number of hydrogen-bond acceptors (Lipinski definition) is 6. The first-order valence-electron chi connectivity index (χ1n) is 8.28. The van der Waals surface area contributed by atoms with E-state index < -0.39 is 0 Å². The molecule has 1 aromatic heterocycles. The van der Waals surface area contributed by atoms with Gasteiger partial charge in [-0.3, -0.25) is 9.59 Å². The van der Waals surface area contributed by atoms with Crippen LogP contribution in [0.5, 0.6) is 0 Å². The van der Waals surface area contributed by atoms with Gasteiger partial charge < -0.3 is 15.1 Å². The van der Waals surface area contributed by atoms with Crippen LogP contribution in [0.1, 0.15) is 19.8 Å². The lowest BCUT2D eigenvalue weighted by atomic mass is 9.96. The molecule has 7 nitrogen and oxygen atoms in total. The molecule has 9 heteroatoms. The van der Waals surface area contributed by atoms with Crippen molar-refractivity contribution in [2.24, 2.45) is 11.7 Å². The van der Waals surface area contributed by atoms with E-state index in [1.807, 2.05) is 0 Å². The largest absolute Gasteiger partial charge is 0.411 e. The van der Waals surface area contributed by atoms with Crippen LogP contribution in [-0.2, 0) is 9.59 Å². The second-order valence-electron chi connectivity index (χ2n) is 6.14. The highest BCUT2D eigenvalue weighted by molar-refractivity contribution is 8.00. The molecule has 1 aromatic carbocycles. The summed E-state index contributed by atoms with van der Waals surface area (Å²) in [5, 5.41) is 8.61. The number of nitrogens with zero attached hydrogens (tertiary/aromatic N) is 3. The van der Waals surface area contributed by atoms with Gasteiger partial charge in [-0.1, -0.05) is 23.4 Å². The van der Waals surface area contributed by atoms with Gasteiger partial charge in [0.25, 0.3) is 5.22 Å². The summed E-state index contributed by atoms with van der Waals surface area (Å²) in [5.41, 5.74) is 6.09. The van der Waals surface area contributed by atoms with E-state index in [0.717, 1.165) is 5.56 Å². The predicted molar refractivity (Wildman–Crippen MR) is 98.6 cm³/mol. The van der Waals surface area contributed by atoms with Crippen LogP contribution in [0, 0.1) is 5.92 Å². The molecule has 0 radical (unpaired) electrons. The van der Waals surface area contributed by atoms with Gasteiger partial charge in [0.1, 0.15) is 0 Å². The van der Waals surface area contributed by atoms with Gasteiger partial charge in [-0.25, -0.2) is 0 Å². The van der Waals surface area contributed by atoms with Crippen LogP contribution in [0.3, 0.4) is 0 Å². The van der Waals surface area contributed by atoms with Crippen LogP contribution in [0.15, 0.2) is 33.9 Å². The number of carbonyl (C=O) groups is 2. The Morgan fingerprint density at radius 2 is 1.92 bits per heavy atom. The summed E-state index contributed by atoms with van der Waals surface area (Å²) in [6.07, 6.45) is 1.22. The Hall–Kier alpha value is -2.06. The molecule has 1 fully saturated rings. The van der Waals surface area contributed by atoms with Crippen molar-refractivity contribution < 1.29 is 14.0 Å². The molecule has 0 spiro atoms. The topological polar surface area (TPSA) is 102 Å². The Morgan fingerprint density at radius 3 is 2.54 bits per heavy atom. The molecule has 0 aliphatic carbocycles. The number of thioether (sulfide) groups is 1. The number of nitrogens with two attached hydrogens (primary N) is 1. The molecule has 138 valence electrons. The number of aromatic nitrogens is 2. The zero-order valence-corrected chi connectivity index (χ0v) is 15.8. The highest BCUT2D eigenvalue weighted by Crippen LogP contribution is 2.28. The predicted octanol–water partition coefficient (Wildman–Crippen LogP) is 2.59. The number of carbonyl (C=O) groups excluding carboxylic acids is 2. The van der Waals surface area contributed by atoms with E-state index in [9.17, 15) is 9.59 Å². The summed E-state index contributed by atoms with van der Waals surface area (Å²) in [4.78, 5) is 25.6. The number of primary amides is 1.